The molecule has 0 aromatic heterocycles. The first-order chi connectivity index (χ1) is 7.09. The van der Waals surface area contributed by atoms with Crippen molar-refractivity contribution in [2.45, 2.75) is 53.4 Å². The van der Waals surface area contributed by atoms with Crippen LogP contribution in [0.2, 0.25) is 0 Å². The van der Waals surface area contributed by atoms with Gasteiger partial charge < -0.3 is 0 Å². The maximum absolute atomic E-state index is 2.35. The van der Waals surface area contributed by atoms with Gasteiger partial charge in [0.25, 0.3) is 0 Å². The Morgan fingerprint density at radius 3 is 1.60 bits per heavy atom. The fourth-order valence-electron chi connectivity index (χ4n) is 2.38. The molecule has 0 aromatic rings. The van der Waals surface area contributed by atoms with Gasteiger partial charge in [0, 0.05) is 0 Å². The summed E-state index contributed by atoms with van der Waals surface area (Å²) in [6.07, 6.45) is 5.83. The summed E-state index contributed by atoms with van der Waals surface area (Å²) in [5, 5.41) is 0. The van der Waals surface area contributed by atoms with E-state index >= 15 is 0 Å². The molecule has 0 nitrogen and oxygen atoms in total. The van der Waals surface area contributed by atoms with Crippen LogP contribution >= 0.6 is 11.8 Å². The predicted octanol–water partition coefficient (Wildman–Crippen LogP) is 4.84. The summed E-state index contributed by atoms with van der Waals surface area (Å²) in [6, 6.07) is 0. The Morgan fingerprint density at radius 1 is 0.867 bits per heavy atom. The van der Waals surface area contributed by atoms with Crippen molar-refractivity contribution in [3.05, 3.63) is 0 Å². The average Bonchev–Trinajstić information content (AvgIpc) is 2.58. The number of hydrogen-bond donors (Lipinski definition) is 0. The highest BCUT2D eigenvalue weighted by atomic mass is 32.2. The van der Waals surface area contributed by atoms with E-state index in [2.05, 4.69) is 39.5 Å². The first kappa shape index (κ1) is 13.4. The lowest BCUT2D eigenvalue weighted by molar-refractivity contribution is 0.325. The third-order valence-electron chi connectivity index (χ3n) is 3.56. The van der Waals surface area contributed by atoms with Crippen molar-refractivity contribution in [3.8, 4) is 0 Å². The van der Waals surface area contributed by atoms with Gasteiger partial charge >= 0.3 is 0 Å². The molecule has 0 aromatic carbocycles. The number of thioether (sulfide) groups is 1. The molecule has 0 radical (unpaired) electrons. The molecule has 0 N–H and O–H groups in total. The third-order valence-corrected chi connectivity index (χ3v) is 4.89. The van der Waals surface area contributed by atoms with Gasteiger partial charge in [-0.05, 0) is 48.0 Å². The number of rotatable bonds is 6. The Morgan fingerprint density at radius 2 is 1.27 bits per heavy atom. The van der Waals surface area contributed by atoms with Gasteiger partial charge in [0.15, 0.2) is 0 Å². The molecule has 1 heterocycles. The van der Waals surface area contributed by atoms with Crippen LogP contribution in [-0.2, 0) is 0 Å². The Kier molecular flexibility index (Phi) is 6.11. The van der Waals surface area contributed by atoms with E-state index in [4.69, 9.17) is 0 Å². The minimum atomic E-state index is 0.890. The van der Waals surface area contributed by atoms with Crippen molar-refractivity contribution in [3.63, 3.8) is 0 Å². The van der Waals surface area contributed by atoms with Gasteiger partial charge in [0.05, 0.1) is 0 Å². The van der Waals surface area contributed by atoms with E-state index in [9.17, 15) is 0 Å². The highest BCUT2D eigenvalue weighted by molar-refractivity contribution is 7.99. The van der Waals surface area contributed by atoms with Crippen molar-refractivity contribution < 1.29 is 0 Å². The quantitative estimate of drug-likeness (QED) is 0.627. The van der Waals surface area contributed by atoms with E-state index in [1.165, 1.54) is 37.2 Å². The van der Waals surface area contributed by atoms with Crippen LogP contribution in [0.5, 0.6) is 0 Å². The zero-order chi connectivity index (χ0) is 11.3. The first-order valence-electron chi connectivity index (χ1n) is 6.67. The molecule has 90 valence electrons. The zero-order valence-corrected chi connectivity index (χ0v) is 11.8. The molecule has 1 fully saturated rings. The first-order valence-corrected chi connectivity index (χ1v) is 7.82. The molecule has 1 heteroatoms. The van der Waals surface area contributed by atoms with Gasteiger partial charge in [0.1, 0.15) is 0 Å². The molecule has 0 bridgehead atoms. The second-order valence-electron chi connectivity index (χ2n) is 6.00. The summed E-state index contributed by atoms with van der Waals surface area (Å²) in [5.74, 6) is 6.74. The Bertz CT molecular complexity index is 145. The summed E-state index contributed by atoms with van der Waals surface area (Å²) >= 11 is 2.19. The van der Waals surface area contributed by atoms with Crippen LogP contribution in [0.25, 0.3) is 0 Å². The fraction of sp³-hybridized carbons (Fsp3) is 1.00. The standard InChI is InChI=1S/C14H28S/c1-11(2)5-7-13-9-15-10-14(13)8-6-12(3)4/h11-14H,5-10H2,1-4H3/t13-,14-/m1/s1. The van der Waals surface area contributed by atoms with Crippen molar-refractivity contribution in [1.29, 1.82) is 0 Å². The second kappa shape index (κ2) is 6.83. The molecule has 0 spiro atoms. The van der Waals surface area contributed by atoms with E-state index in [-0.39, 0.29) is 0 Å². The molecule has 0 saturated carbocycles. The Balaban J connectivity index is 2.23. The SMILES string of the molecule is CC(C)CC[C@@H]1CSC[C@H]1CCC(C)C. The van der Waals surface area contributed by atoms with Gasteiger partial charge in [-0.1, -0.05) is 40.5 Å². The van der Waals surface area contributed by atoms with Gasteiger partial charge in [-0.25, -0.2) is 0 Å². The molecule has 0 unspecified atom stereocenters. The summed E-state index contributed by atoms with van der Waals surface area (Å²) in [7, 11) is 0. The normalized spacial score (nSPS) is 26.8. The molecular weight excluding hydrogens is 200 g/mol. The van der Waals surface area contributed by atoms with Gasteiger partial charge in [-0.3, -0.25) is 0 Å². The minimum Gasteiger partial charge on any atom is -0.161 e. The molecule has 1 aliphatic heterocycles. The molecular formula is C14H28S. The molecule has 15 heavy (non-hydrogen) atoms. The topological polar surface area (TPSA) is 0 Å². The molecule has 0 amide bonds. The van der Waals surface area contributed by atoms with E-state index < -0.39 is 0 Å². The zero-order valence-electron chi connectivity index (χ0n) is 11.0. The summed E-state index contributed by atoms with van der Waals surface area (Å²) in [5.41, 5.74) is 0. The Hall–Kier alpha value is 0.350. The molecule has 0 aliphatic carbocycles. The molecule has 1 saturated heterocycles. The van der Waals surface area contributed by atoms with Crippen LogP contribution in [-0.4, -0.2) is 11.5 Å². The van der Waals surface area contributed by atoms with Gasteiger partial charge in [-0.2, -0.15) is 11.8 Å². The highest BCUT2D eigenvalue weighted by Crippen LogP contribution is 2.37. The molecule has 1 rings (SSSR count). The van der Waals surface area contributed by atoms with Crippen LogP contribution < -0.4 is 0 Å². The summed E-state index contributed by atoms with van der Waals surface area (Å²) in [4.78, 5) is 0. The van der Waals surface area contributed by atoms with Gasteiger partial charge in [0.2, 0.25) is 0 Å². The van der Waals surface area contributed by atoms with Crippen LogP contribution in [0.1, 0.15) is 53.4 Å². The highest BCUT2D eigenvalue weighted by Gasteiger charge is 2.27. The lowest BCUT2D eigenvalue weighted by Gasteiger charge is -2.20. The van der Waals surface area contributed by atoms with Crippen molar-refractivity contribution in [2.24, 2.45) is 23.7 Å². The smallest absolute Gasteiger partial charge is 0.00361 e. The molecule has 2 atom stereocenters. The maximum atomic E-state index is 2.35. The van der Waals surface area contributed by atoms with Crippen LogP contribution in [0.4, 0.5) is 0 Å². The lowest BCUT2D eigenvalue weighted by atomic mass is 9.85. The minimum absolute atomic E-state index is 0.890. The second-order valence-corrected chi connectivity index (χ2v) is 7.07. The third kappa shape index (κ3) is 5.29. The maximum Gasteiger partial charge on any atom is -0.00361 e. The molecule has 1 aliphatic rings. The van der Waals surface area contributed by atoms with E-state index in [1.807, 2.05) is 0 Å². The van der Waals surface area contributed by atoms with E-state index in [1.54, 1.807) is 0 Å². The van der Waals surface area contributed by atoms with Crippen LogP contribution in [0.3, 0.4) is 0 Å². The predicted molar refractivity (Wildman–Crippen MR) is 72.4 cm³/mol. The average molecular weight is 228 g/mol. The van der Waals surface area contributed by atoms with Gasteiger partial charge in [-0.15, -0.1) is 0 Å². The van der Waals surface area contributed by atoms with Crippen molar-refractivity contribution >= 4 is 11.8 Å². The monoisotopic (exact) mass is 228 g/mol. The summed E-state index contributed by atoms with van der Waals surface area (Å²) in [6.45, 7) is 9.41. The lowest BCUT2D eigenvalue weighted by Crippen LogP contribution is -2.14. The summed E-state index contributed by atoms with van der Waals surface area (Å²) < 4.78 is 0. The Labute approximate surface area is 101 Å². The van der Waals surface area contributed by atoms with Crippen molar-refractivity contribution in [2.75, 3.05) is 11.5 Å². The largest absolute Gasteiger partial charge is 0.161 e. The van der Waals surface area contributed by atoms with Crippen LogP contribution in [0.15, 0.2) is 0 Å². The number of hydrogen-bond acceptors (Lipinski definition) is 1. The van der Waals surface area contributed by atoms with Crippen molar-refractivity contribution in [1.82, 2.24) is 0 Å². The van der Waals surface area contributed by atoms with E-state index in [0.717, 1.165) is 23.7 Å². The van der Waals surface area contributed by atoms with E-state index in [0.29, 0.717) is 0 Å². The van der Waals surface area contributed by atoms with Crippen LogP contribution in [0, 0.1) is 23.7 Å². The fourth-order valence-corrected chi connectivity index (χ4v) is 4.00.